The number of aliphatic hydroxyl groups is 1. The highest BCUT2D eigenvalue weighted by Crippen LogP contribution is 2.31. The zero-order valence-corrected chi connectivity index (χ0v) is 39.9. The zero-order valence-electron chi connectivity index (χ0n) is 39.9. The first-order valence-corrected chi connectivity index (χ1v) is 22.6. The van der Waals surface area contributed by atoms with E-state index in [9.17, 15) is 34.2 Å². The summed E-state index contributed by atoms with van der Waals surface area (Å²) in [5.74, 6) is -2.48. The van der Waals surface area contributed by atoms with E-state index < -0.39 is 30.1 Å². The standard InChI is InChI=1S/C51H72N4O11/c1-34(2)27-42(55-48(60)46(58)41(52)28-35-13-10-9-11-14-35)47(59)54-20-22-63-23-24-64-25-26-65-33-45(57)53-19-12-21-66-44-29-36(15-17-40(44)49(61)62)16-18-43(56)37-30-38(50(3,4)5)32-39(31-37)51(6,7)8/h9-11,13-18,29-32,34,41-42,46,58H,12,19-28,33,52H2,1-8H3,(H,53,57)(H,54,59)(H,55,60)(H,61,62). The Balaban J connectivity index is 1.29. The van der Waals surface area contributed by atoms with E-state index in [1.165, 1.54) is 12.1 Å². The summed E-state index contributed by atoms with van der Waals surface area (Å²) in [6, 6.07) is 18.2. The smallest absolute Gasteiger partial charge is 0.339 e. The number of carboxylic acids is 1. The van der Waals surface area contributed by atoms with Crippen LogP contribution in [-0.4, -0.2) is 117 Å². The van der Waals surface area contributed by atoms with Gasteiger partial charge in [-0.3, -0.25) is 19.2 Å². The fourth-order valence-corrected chi connectivity index (χ4v) is 6.50. The lowest BCUT2D eigenvalue weighted by molar-refractivity contribution is -0.135. The number of nitrogens with one attached hydrogen (secondary N) is 3. The van der Waals surface area contributed by atoms with Crippen LogP contribution >= 0.6 is 0 Å². The molecule has 7 N–H and O–H groups in total. The number of amides is 3. The Morgan fingerprint density at radius 3 is 1.97 bits per heavy atom. The minimum absolute atomic E-state index is 0.0185. The van der Waals surface area contributed by atoms with Crippen molar-refractivity contribution in [2.24, 2.45) is 11.7 Å². The SMILES string of the molecule is CC(C)CC(NC(=O)C(O)C(N)Cc1ccccc1)C(=O)NCCOCCOCCOCC(=O)NCCCOc1cc(C=CC(=O)c2cc(C(C)(C)C)cc(C(C)(C)C)c2)ccc1C(=O)O. The molecular formula is C51H72N4O11. The van der Waals surface area contributed by atoms with Crippen molar-refractivity contribution in [2.45, 2.75) is 104 Å². The molecule has 3 amide bonds. The van der Waals surface area contributed by atoms with Gasteiger partial charge in [-0.25, -0.2) is 4.79 Å². The minimum atomic E-state index is -1.48. The molecule has 0 heterocycles. The van der Waals surface area contributed by atoms with Crippen LogP contribution in [0.1, 0.15) is 111 Å². The number of hydrogen-bond donors (Lipinski definition) is 6. The number of rotatable bonds is 28. The first-order valence-electron chi connectivity index (χ1n) is 22.6. The van der Waals surface area contributed by atoms with Gasteiger partial charge in [-0.15, -0.1) is 0 Å². The minimum Gasteiger partial charge on any atom is -0.493 e. The highest BCUT2D eigenvalue weighted by atomic mass is 16.5. The molecule has 15 nitrogen and oxygen atoms in total. The molecule has 0 aliphatic carbocycles. The summed E-state index contributed by atoms with van der Waals surface area (Å²) in [5.41, 5.74) is 9.99. The maximum atomic E-state index is 13.3. The second-order valence-electron chi connectivity index (χ2n) is 18.7. The van der Waals surface area contributed by atoms with Crippen LogP contribution in [-0.2, 0) is 45.8 Å². The Morgan fingerprint density at radius 2 is 1.36 bits per heavy atom. The maximum absolute atomic E-state index is 13.3. The molecule has 66 heavy (non-hydrogen) atoms. The number of allylic oxidation sites excluding steroid dienone is 1. The molecule has 0 saturated carbocycles. The van der Waals surface area contributed by atoms with E-state index in [0.29, 0.717) is 30.4 Å². The van der Waals surface area contributed by atoms with E-state index in [1.807, 2.05) is 56.3 Å². The molecule has 0 radical (unpaired) electrons. The summed E-state index contributed by atoms with van der Waals surface area (Å²) in [5, 5.41) is 28.4. The Kier molecular flexibility index (Phi) is 22.7. The van der Waals surface area contributed by atoms with Crippen molar-refractivity contribution < 1.29 is 53.1 Å². The molecule has 0 fully saturated rings. The van der Waals surface area contributed by atoms with Crippen molar-refractivity contribution in [3.63, 3.8) is 0 Å². The number of nitrogens with two attached hydrogens (primary N) is 1. The van der Waals surface area contributed by atoms with Gasteiger partial charge in [0.15, 0.2) is 5.78 Å². The van der Waals surface area contributed by atoms with Gasteiger partial charge in [0, 0.05) is 24.7 Å². The summed E-state index contributed by atoms with van der Waals surface area (Å²) < 4.78 is 22.2. The van der Waals surface area contributed by atoms with Crippen LogP contribution in [0, 0.1) is 5.92 Å². The van der Waals surface area contributed by atoms with Gasteiger partial charge in [-0.05, 0) is 88.6 Å². The number of aromatic carboxylic acids is 1. The molecule has 3 unspecified atom stereocenters. The number of benzene rings is 3. The van der Waals surface area contributed by atoms with E-state index in [-0.39, 0.29) is 105 Å². The van der Waals surface area contributed by atoms with Gasteiger partial charge in [0.25, 0.3) is 5.91 Å². The first kappa shape index (κ1) is 54.9. The molecular weight excluding hydrogens is 845 g/mol. The Morgan fingerprint density at radius 1 is 0.742 bits per heavy atom. The van der Waals surface area contributed by atoms with E-state index in [4.69, 9.17) is 24.7 Å². The lowest BCUT2D eigenvalue weighted by Crippen LogP contribution is -2.54. The summed E-state index contributed by atoms with van der Waals surface area (Å²) in [6.45, 7) is 18.1. The van der Waals surface area contributed by atoms with Crippen LogP contribution in [0.5, 0.6) is 5.75 Å². The Bertz CT molecular complexity index is 2030. The summed E-state index contributed by atoms with van der Waals surface area (Å²) in [7, 11) is 0. The molecule has 362 valence electrons. The molecule has 3 aromatic carbocycles. The highest BCUT2D eigenvalue weighted by molar-refractivity contribution is 6.07. The van der Waals surface area contributed by atoms with E-state index >= 15 is 0 Å². The topological polar surface area (TPSA) is 225 Å². The van der Waals surface area contributed by atoms with E-state index in [2.05, 4.69) is 63.6 Å². The van der Waals surface area contributed by atoms with Gasteiger partial charge in [0.05, 0.1) is 39.6 Å². The number of hydrogen-bond acceptors (Lipinski definition) is 11. The molecule has 0 bridgehead atoms. The van der Waals surface area contributed by atoms with Crippen LogP contribution < -0.4 is 26.4 Å². The molecule has 0 spiro atoms. The lowest BCUT2D eigenvalue weighted by Gasteiger charge is -2.25. The lowest BCUT2D eigenvalue weighted by atomic mass is 9.79. The normalized spacial score (nSPS) is 13.3. The number of ketones is 1. The third-order valence-electron chi connectivity index (χ3n) is 10.4. The van der Waals surface area contributed by atoms with Crippen LogP contribution in [0.25, 0.3) is 6.08 Å². The Hall–Kier alpha value is -5.45. The molecule has 15 heteroatoms. The summed E-state index contributed by atoms with van der Waals surface area (Å²) in [4.78, 5) is 63.1. The van der Waals surface area contributed by atoms with Crippen LogP contribution in [0.3, 0.4) is 0 Å². The second kappa shape index (κ2) is 27.3. The monoisotopic (exact) mass is 917 g/mol. The van der Waals surface area contributed by atoms with Crippen molar-refractivity contribution in [1.82, 2.24) is 16.0 Å². The van der Waals surface area contributed by atoms with Crippen molar-refractivity contribution >= 4 is 35.6 Å². The predicted octanol–water partition coefficient (Wildman–Crippen LogP) is 5.39. The fourth-order valence-electron chi connectivity index (χ4n) is 6.50. The predicted molar refractivity (Wildman–Crippen MR) is 255 cm³/mol. The third kappa shape index (κ3) is 20.0. The van der Waals surface area contributed by atoms with Gasteiger partial charge >= 0.3 is 5.97 Å². The fraction of sp³-hybridized carbons (Fsp3) is 0.510. The maximum Gasteiger partial charge on any atom is 0.339 e. The van der Waals surface area contributed by atoms with Gasteiger partial charge in [-0.1, -0.05) is 104 Å². The van der Waals surface area contributed by atoms with E-state index in [0.717, 1.165) is 16.7 Å². The zero-order chi connectivity index (χ0) is 48.9. The third-order valence-corrected chi connectivity index (χ3v) is 10.4. The van der Waals surface area contributed by atoms with Gasteiger partial charge in [0.2, 0.25) is 11.8 Å². The van der Waals surface area contributed by atoms with Gasteiger partial charge in [-0.2, -0.15) is 0 Å². The van der Waals surface area contributed by atoms with Crippen LogP contribution in [0.4, 0.5) is 0 Å². The average Bonchev–Trinajstić information content (AvgIpc) is 3.25. The number of carboxylic acid groups (broad SMARTS) is 1. The number of aliphatic hydroxyl groups excluding tert-OH is 1. The summed E-state index contributed by atoms with van der Waals surface area (Å²) >= 11 is 0. The molecule has 0 aliphatic heterocycles. The first-order chi connectivity index (χ1) is 31.1. The van der Waals surface area contributed by atoms with E-state index in [1.54, 1.807) is 18.2 Å². The van der Waals surface area contributed by atoms with Crippen molar-refractivity contribution in [1.29, 1.82) is 0 Å². The van der Waals surface area contributed by atoms with Crippen molar-refractivity contribution in [3.05, 3.63) is 106 Å². The van der Waals surface area contributed by atoms with Gasteiger partial charge in [0.1, 0.15) is 30.1 Å². The van der Waals surface area contributed by atoms with Crippen molar-refractivity contribution in [3.8, 4) is 5.75 Å². The largest absolute Gasteiger partial charge is 0.493 e. The molecule has 0 saturated heterocycles. The number of carbonyl (C=O) groups excluding carboxylic acids is 4. The highest BCUT2D eigenvalue weighted by Gasteiger charge is 2.29. The average molecular weight is 917 g/mol. The van der Waals surface area contributed by atoms with Gasteiger partial charge < -0.3 is 50.8 Å². The molecule has 3 aromatic rings. The van der Waals surface area contributed by atoms with Crippen molar-refractivity contribution in [2.75, 3.05) is 59.3 Å². The molecule has 3 atom stereocenters. The quantitative estimate of drug-likeness (QED) is 0.0307. The second-order valence-corrected chi connectivity index (χ2v) is 18.7. The molecule has 0 aromatic heterocycles. The molecule has 3 rings (SSSR count). The summed E-state index contributed by atoms with van der Waals surface area (Å²) in [6.07, 6.45) is 2.72. The number of carbonyl (C=O) groups is 5. The molecule has 0 aliphatic rings. The number of ether oxygens (including phenoxy) is 4. The van der Waals surface area contributed by atoms with Crippen LogP contribution in [0.15, 0.2) is 72.8 Å². The van der Waals surface area contributed by atoms with Crippen LogP contribution in [0.2, 0.25) is 0 Å². The Labute approximate surface area is 390 Å².